The number of benzene rings is 2. The summed E-state index contributed by atoms with van der Waals surface area (Å²) in [5, 5.41) is 2.20. The highest BCUT2D eigenvalue weighted by atomic mass is 16.6. The first-order valence-corrected chi connectivity index (χ1v) is 9.16. The lowest BCUT2D eigenvalue weighted by Gasteiger charge is -2.25. The van der Waals surface area contributed by atoms with E-state index in [1.54, 1.807) is 0 Å². The Labute approximate surface area is 168 Å². The smallest absolute Gasteiger partial charge is 0.429 e. The van der Waals surface area contributed by atoms with Crippen LogP contribution in [0.3, 0.4) is 0 Å². The van der Waals surface area contributed by atoms with Crippen molar-refractivity contribution in [3.63, 3.8) is 0 Å². The van der Waals surface area contributed by atoms with E-state index in [4.69, 9.17) is 14.2 Å². The number of amides is 2. The molecule has 0 radical (unpaired) electrons. The van der Waals surface area contributed by atoms with Crippen LogP contribution in [0.1, 0.15) is 18.1 Å². The van der Waals surface area contributed by atoms with Crippen LogP contribution >= 0.6 is 0 Å². The quantitative estimate of drug-likeness (QED) is 0.568. The molecule has 0 atom stereocenters. The summed E-state index contributed by atoms with van der Waals surface area (Å²) >= 11 is 0. The first-order valence-electron chi connectivity index (χ1n) is 9.16. The summed E-state index contributed by atoms with van der Waals surface area (Å²) in [6.07, 6.45) is -2.10. The number of hydrogen-bond donors (Lipinski definition) is 0. The van der Waals surface area contributed by atoms with Gasteiger partial charge in [-0.25, -0.2) is 19.6 Å². The number of carbonyl (C=O) groups excluding carboxylic acids is 3. The second kappa shape index (κ2) is 9.59. The topological polar surface area (TPSA) is 85.4 Å². The number of hydrazine groups is 1. The highest BCUT2D eigenvalue weighted by molar-refractivity contribution is 5.75. The zero-order valence-corrected chi connectivity index (χ0v) is 16.0. The molecule has 152 valence electrons. The number of rotatable bonds is 5. The van der Waals surface area contributed by atoms with Gasteiger partial charge >= 0.3 is 18.2 Å². The number of hydrogen-bond acceptors (Lipinski definition) is 6. The molecule has 2 aromatic carbocycles. The maximum Gasteiger partial charge on any atom is 0.429 e. The Kier molecular flexibility index (Phi) is 6.67. The molecule has 1 aliphatic rings. The van der Waals surface area contributed by atoms with Gasteiger partial charge in [-0.15, -0.1) is 0 Å². The third-order valence-electron chi connectivity index (χ3n) is 4.21. The minimum atomic E-state index is -0.722. The second-order valence-electron chi connectivity index (χ2n) is 6.48. The van der Waals surface area contributed by atoms with E-state index in [2.05, 4.69) is 0 Å². The minimum absolute atomic E-state index is 0.00758. The largest absolute Gasteiger partial charge is 0.459 e. The normalized spacial score (nSPS) is 13.8. The standard InChI is InChI=1S/C21H22N2O6/c1-16(24)29-19-12-22(20(25)27-14-17-8-4-2-5-9-17)23(13-19)21(26)28-15-18-10-6-3-7-11-18/h2-11,19H,12-15H2,1H3. The van der Waals surface area contributed by atoms with E-state index < -0.39 is 24.3 Å². The Bertz CT molecular complexity index is 779. The Hall–Kier alpha value is -3.55. The molecule has 2 aromatic rings. The molecule has 0 spiro atoms. The molecule has 3 rings (SSSR count). The van der Waals surface area contributed by atoms with Crippen molar-refractivity contribution in [1.82, 2.24) is 10.0 Å². The van der Waals surface area contributed by atoms with Crippen molar-refractivity contribution in [2.75, 3.05) is 13.1 Å². The molecular formula is C21H22N2O6. The predicted octanol–water partition coefficient (Wildman–Crippen LogP) is 3.12. The van der Waals surface area contributed by atoms with Crippen LogP contribution in [-0.2, 0) is 32.2 Å². The zero-order valence-electron chi connectivity index (χ0n) is 16.0. The molecule has 0 bridgehead atoms. The van der Waals surface area contributed by atoms with Crippen LogP contribution in [0.2, 0.25) is 0 Å². The van der Waals surface area contributed by atoms with Gasteiger partial charge in [0, 0.05) is 6.92 Å². The number of nitrogens with zero attached hydrogens (tertiary/aromatic N) is 2. The minimum Gasteiger partial charge on any atom is -0.459 e. The maximum atomic E-state index is 12.6. The fourth-order valence-corrected chi connectivity index (χ4v) is 2.88. The van der Waals surface area contributed by atoms with Crippen molar-refractivity contribution < 1.29 is 28.6 Å². The number of carbonyl (C=O) groups is 3. The zero-order chi connectivity index (χ0) is 20.6. The van der Waals surface area contributed by atoms with Gasteiger partial charge < -0.3 is 14.2 Å². The van der Waals surface area contributed by atoms with Crippen LogP contribution in [0.5, 0.6) is 0 Å². The molecule has 29 heavy (non-hydrogen) atoms. The molecular weight excluding hydrogens is 376 g/mol. The Balaban J connectivity index is 1.63. The van der Waals surface area contributed by atoms with Crippen LogP contribution in [0.25, 0.3) is 0 Å². The van der Waals surface area contributed by atoms with Gasteiger partial charge in [0.15, 0.2) is 0 Å². The van der Waals surface area contributed by atoms with Crippen molar-refractivity contribution in [3.05, 3.63) is 71.8 Å². The summed E-state index contributed by atoms with van der Waals surface area (Å²) in [6.45, 7) is 1.40. The van der Waals surface area contributed by atoms with Crippen molar-refractivity contribution in [1.29, 1.82) is 0 Å². The van der Waals surface area contributed by atoms with E-state index in [0.29, 0.717) is 0 Å². The van der Waals surface area contributed by atoms with E-state index in [9.17, 15) is 14.4 Å². The summed E-state index contributed by atoms with van der Waals surface area (Å²) < 4.78 is 15.8. The highest BCUT2D eigenvalue weighted by Gasteiger charge is 2.40. The molecule has 8 nitrogen and oxygen atoms in total. The molecule has 1 saturated heterocycles. The molecule has 8 heteroatoms. The predicted molar refractivity (Wildman–Crippen MR) is 102 cm³/mol. The van der Waals surface area contributed by atoms with Crippen molar-refractivity contribution in [2.45, 2.75) is 26.2 Å². The number of esters is 1. The van der Waals surface area contributed by atoms with Crippen molar-refractivity contribution >= 4 is 18.2 Å². The molecule has 0 aliphatic carbocycles. The summed E-state index contributed by atoms with van der Waals surface area (Å²) in [4.78, 5) is 36.4. The third kappa shape index (κ3) is 5.71. The van der Waals surface area contributed by atoms with Gasteiger partial charge in [-0.05, 0) is 11.1 Å². The van der Waals surface area contributed by atoms with Gasteiger partial charge in [-0.3, -0.25) is 4.79 Å². The Morgan fingerprint density at radius 3 is 1.59 bits per heavy atom. The van der Waals surface area contributed by atoms with Crippen LogP contribution in [0.4, 0.5) is 9.59 Å². The average molecular weight is 398 g/mol. The Morgan fingerprint density at radius 2 is 1.21 bits per heavy atom. The van der Waals surface area contributed by atoms with Gasteiger partial charge in [0.05, 0.1) is 13.1 Å². The fourth-order valence-electron chi connectivity index (χ4n) is 2.88. The van der Waals surface area contributed by atoms with Gasteiger partial charge in [-0.1, -0.05) is 60.7 Å². The first-order chi connectivity index (χ1) is 14.0. The van der Waals surface area contributed by atoms with Gasteiger partial charge in [0.1, 0.15) is 19.3 Å². The van der Waals surface area contributed by atoms with Gasteiger partial charge in [-0.2, -0.15) is 0 Å². The molecule has 0 aromatic heterocycles. The third-order valence-corrected chi connectivity index (χ3v) is 4.21. The maximum absolute atomic E-state index is 12.6. The van der Waals surface area contributed by atoms with Crippen LogP contribution < -0.4 is 0 Å². The van der Waals surface area contributed by atoms with E-state index in [-0.39, 0.29) is 26.3 Å². The lowest BCUT2D eigenvalue weighted by molar-refractivity contribution is -0.145. The van der Waals surface area contributed by atoms with E-state index >= 15 is 0 Å². The summed E-state index contributed by atoms with van der Waals surface area (Å²) in [5.74, 6) is -0.493. The summed E-state index contributed by atoms with van der Waals surface area (Å²) in [7, 11) is 0. The highest BCUT2D eigenvalue weighted by Crippen LogP contribution is 2.18. The molecule has 0 saturated carbocycles. The van der Waals surface area contributed by atoms with E-state index in [1.807, 2.05) is 60.7 Å². The van der Waals surface area contributed by atoms with Gasteiger partial charge in [0.25, 0.3) is 0 Å². The van der Waals surface area contributed by atoms with Gasteiger partial charge in [0.2, 0.25) is 0 Å². The summed E-state index contributed by atoms with van der Waals surface area (Å²) in [6, 6.07) is 18.4. The molecule has 2 amide bonds. The lowest BCUT2D eigenvalue weighted by Crippen LogP contribution is -2.45. The Morgan fingerprint density at radius 1 is 0.793 bits per heavy atom. The molecule has 1 aliphatic heterocycles. The summed E-state index contributed by atoms with van der Waals surface area (Å²) in [5.41, 5.74) is 1.63. The molecule has 0 unspecified atom stereocenters. The first kappa shape index (κ1) is 20.2. The second-order valence-corrected chi connectivity index (χ2v) is 6.48. The van der Waals surface area contributed by atoms with Crippen LogP contribution in [0, 0.1) is 0 Å². The average Bonchev–Trinajstić information content (AvgIpc) is 3.15. The van der Waals surface area contributed by atoms with E-state index in [1.165, 1.54) is 6.92 Å². The van der Waals surface area contributed by atoms with E-state index in [0.717, 1.165) is 21.1 Å². The fraction of sp³-hybridized carbons (Fsp3) is 0.286. The lowest BCUT2D eigenvalue weighted by atomic mass is 10.2. The molecule has 1 heterocycles. The monoisotopic (exact) mass is 398 g/mol. The molecule has 1 fully saturated rings. The van der Waals surface area contributed by atoms with Crippen molar-refractivity contribution in [3.8, 4) is 0 Å². The SMILES string of the molecule is CC(=O)OC1CN(C(=O)OCc2ccccc2)N(C(=O)OCc2ccccc2)C1. The van der Waals surface area contributed by atoms with Crippen LogP contribution in [-0.4, -0.2) is 47.4 Å². The molecule has 0 N–H and O–H groups in total. The number of ether oxygens (including phenoxy) is 3. The van der Waals surface area contributed by atoms with Crippen molar-refractivity contribution in [2.24, 2.45) is 0 Å². The van der Waals surface area contributed by atoms with Crippen LogP contribution in [0.15, 0.2) is 60.7 Å².